The Morgan fingerprint density at radius 1 is 1.05 bits per heavy atom. The van der Waals surface area contributed by atoms with Gasteiger partial charge in [-0.1, -0.05) is 18.2 Å². The Morgan fingerprint density at radius 2 is 1.67 bits per heavy atom. The van der Waals surface area contributed by atoms with Crippen LogP contribution in [0.5, 0.6) is 5.75 Å². The molecule has 2 aromatic rings. The standard InChI is InChI=1S/C15H18N2O3S/c1-11(12-6-8-15(18)9-7-12)16-13-4-3-5-14(10-13)17-21(2,19)20/h3-11,16-18H,1-2H3. The SMILES string of the molecule is CC(Nc1cccc(NS(C)(=O)=O)c1)c1ccc(O)cc1. The minimum Gasteiger partial charge on any atom is -0.508 e. The summed E-state index contributed by atoms with van der Waals surface area (Å²) in [4.78, 5) is 0. The molecule has 2 rings (SSSR count). The van der Waals surface area contributed by atoms with Gasteiger partial charge in [0, 0.05) is 11.7 Å². The molecule has 0 amide bonds. The van der Waals surface area contributed by atoms with E-state index in [2.05, 4.69) is 10.0 Å². The maximum atomic E-state index is 11.2. The zero-order chi connectivity index (χ0) is 15.5. The van der Waals surface area contributed by atoms with Gasteiger partial charge in [-0.3, -0.25) is 4.72 Å². The third-order valence-electron chi connectivity index (χ3n) is 2.94. The smallest absolute Gasteiger partial charge is 0.229 e. The maximum Gasteiger partial charge on any atom is 0.229 e. The van der Waals surface area contributed by atoms with Gasteiger partial charge in [-0.2, -0.15) is 0 Å². The van der Waals surface area contributed by atoms with Crippen molar-refractivity contribution in [2.45, 2.75) is 13.0 Å². The van der Waals surface area contributed by atoms with E-state index in [1.165, 1.54) is 0 Å². The van der Waals surface area contributed by atoms with Crippen molar-refractivity contribution < 1.29 is 13.5 Å². The van der Waals surface area contributed by atoms with E-state index in [0.717, 1.165) is 17.5 Å². The lowest BCUT2D eigenvalue weighted by Crippen LogP contribution is -2.10. The van der Waals surface area contributed by atoms with Gasteiger partial charge in [0.1, 0.15) is 5.75 Å². The minimum absolute atomic E-state index is 0.0269. The first-order valence-corrected chi connectivity index (χ1v) is 8.36. The normalized spacial score (nSPS) is 12.7. The second-order valence-electron chi connectivity index (χ2n) is 4.91. The third kappa shape index (κ3) is 4.68. The zero-order valence-electron chi connectivity index (χ0n) is 11.9. The lowest BCUT2D eigenvalue weighted by molar-refractivity contribution is 0.475. The van der Waals surface area contributed by atoms with Crippen molar-refractivity contribution in [3.63, 3.8) is 0 Å². The second-order valence-corrected chi connectivity index (χ2v) is 6.66. The molecule has 1 atom stereocenters. The Kier molecular flexibility index (Phi) is 4.37. The number of aromatic hydroxyl groups is 1. The first-order valence-electron chi connectivity index (χ1n) is 6.47. The fourth-order valence-electron chi connectivity index (χ4n) is 1.98. The highest BCUT2D eigenvalue weighted by Crippen LogP contribution is 2.23. The number of hydrogen-bond acceptors (Lipinski definition) is 4. The molecule has 0 aromatic heterocycles. The third-order valence-corrected chi connectivity index (χ3v) is 3.55. The van der Waals surface area contributed by atoms with E-state index in [-0.39, 0.29) is 11.8 Å². The summed E-state index contributed by atoms with van der Waals surface area (Å²) in [5.41, 5.74) is 2.35. The highest BCUT2D eigenvalue weighted by Gasteiger charge is 2.07. The highest BCUT2D eigenvalue weighted by molar-refractivity contribution is 7.92. The van der Waals surface area contributed by atoms with Crippen LogP contribution in [0.25, 0.3) is 0 Å². The van der Waals surface area contributed by atoms with Gasteiger partial charge in [0.05, 0.1) is 11.9 Å². The Morgan fingerprint density at radius 3 is 2.29 bits per heavy atom. The molecule has 0 aliphatic carbocycles. The predicted molar refractivity (Wildman–Crippen MR) is 85.1 cm³/mol. The molecule has 3 N–H and O–H groups in total. The summed E-state index contributed by atoms with van der Waals surface area (Å²) >= 11 is 0. The lowest BCUT2D eigenvalue weighted by Gasteiger charge is -2.16. The number of sulfonamides is 1. The zero-order valence-corrected chi connectivity index (χ0v) is 12.7. The molecule has 6 heteroatoms. The van der Waals surface area contributed by atoms with E-state index in [4.69, 9.17) is 0 Å². The van der Waals surface area contributed by atoms with Gasteiger partial charge in [-0.05, 0) is 42.8 Å². The van der Waals surface area contributed by atoms with E-state index >= 15 is 0 Å². The van der Waals surface area contributed by atoms with Crippen LogP contribution in [0, 0.1) is 0 Å². The van der Waals surface area contributed by atoms with E-state index < -0.39 is 10.0 Å². The van der Waals surface area contributed by atoms with Gasteiger partial charge < -0.3 is 10.4 Å². The first-order chi connectivity index (χ1) is 9.83. The van der Waals surface area contributed by atoms with Crippen molar-refractivity contribution in [1.82, 2.24) is 0 Å². The molecule has 0 saturated carbocycles. The van der Waals surface area contributed by atoms with Gasteiger partial charge in [0.25, 0.3) is 0 Å². The summed E-state index contributed by atoms with van der Waals surface area (Å²) in [6.07, 6.45) is 1.12. The molecular formula is C15H18N2O3S. The van der Waals surface area contributed by atoms with E-state index in [0.29, 0.717) is 5.69 Å². The summed E-state index contributed by atoms with van der Waals surface area (Å²) in [5, 5.41) is 12.6. The molecule has 5 nitrogen and oxygen atoms in total. The van der Waals surface area contributed by atoms with Crippen LogP contribution in [0.1, 0.15) is 18.5 Å². The fourth-order valence-corrected chi connectivity index (χ4v) is 2.54. The molecule has 0 radical (unpaired) electrons. The fraction of sp³-hybridized carbons (Fsp3) is 0.200. The lowest BCUT2D eigenvalue weighted by atomic mass is 10.1. The van der Waals surface area contributed by atoms with E-state index in [1.807, 2.05) is 25.1 Å². The summed E-state index contributed by atoms with van der Waals surface area (Å²) in [6.45, 7) is 1.99. The molecule has 0 fully saturated rings. The monoisotopic (exact) mass is 306 g/mol. The Bertz CT molecular complexity index is 712. The molecule has 0 aliphatic heterocycles. The number of phenolic OH excluding ortho intramolecular Hbond substituents is 1. The van der Waals surface area contributed by atoms with E-state index in [1.54, 1.807) is 30.3 Å². The number of benzene rings is 2. The molecule has 0 saturated heterocycles. The topological polar surface area (TPSA) is 78.4 Å². The molecular weight excluding hydrogens is 288 g/mol. The van der Waals surface area contributed by atoms with Crippen LogP contribution in [-0.4, -0.2) is 19.8 Å². The summed E-state index contributed by atoms with van der Waals surface area (Å²) in [5.74, 6) is 0.227. The maximum absolute atomic E-state index is 11.2. The molecule has 2 aromatic carbocycles. The molecule has 0 aliphatic rings. The molecule has 0 heterocycles. The van der Waals surface area contributed by atoms with Gasteiger partial charge in [0.2, 0.25) is 10.0 Å². The highest BCUT2D eigenvalue weighted by atomic mass is 32.2. The van der Waals surface area contributed by atoms with Crippen molar-refractivity contribution in [3.05, 3.63) is 54.1 Å². The van der Waals surface area contributed by atoms with Crippen LogP contribution >= 0.6 is 0 Å². The van der Waals surface area contributed by atoms with Crippen LogP contribution in [0.4, 0.5) is 11.4 Å². The van der Waals surface area contributed by atoms with Crippen LogP contribution in [0.15, 0.2) is 48.5 Å². The van der Waals surface area contributed by atoms with Crippen molar-refractivity contribution >= 4 is 21.4 Å². The summed E-state index contributed by atoms with van der Waals surface area (Å²) in [7, 11) is -3.28. The van der Waals surface area contributed by atoms with Crippen molar-refractivity contribution in [2.75, 3.05) is 16.3 Å². The number of phenols is 1. The summed E-state index contributed by atoms with van der Waals surface area (Å²) in [6, 6.07) is 14.0. The van der Waals surface area contributed by atoms with Gasteiger partial charge in [0.15, 0.2) is 0 Å². The van der Waals surface area contributed by atoms with Gasteiger partial charge in [-0.15, -0.1) is 0 Å². The quantitative estimate of drug-likeness (QED) is 0.793. The van der Waals surface area contributed by atoms with Crippen LogP contribution < -0.4 is 10.0 Å². The Hall–Kier alpha value is -2.21. The molecule has 112 valence electrons. The minimum atomic E-state index is -3.28. The predicted octanol–water partition coefficient (Wildman–Crippen LogP) is 2.94. The molecule has 1 unspecified atom stereocenters. The van der Waals surface area contributed by atoms with Crippen LogP contribution in [0.2, 0.25) is 0 Å². The number of rotatable bonds is 5. The van der Waals surface area contributed by atoms with Crippen LogP contribution in [-0.2, 0) is 10.0 Å². The molecule has 0 spiro atoms. The largest absolute Gasteiger partial charge is 0.508 e. The Labute approximate surface area is 124 Å². The van der Waals surface area contributed by atoms with E-state index in [9.17, 15) is 13.5 Å². The molecule has 21 heavy (non-hydrogen) atoms. The van der Waals surface area contributed by atoms with Gasteiger partial charge in [-0.25, -0.2) is 8.42 Å². The Balaban J connectivity index is 2.12. The molecule has 0 bridgehead atoms. The van der Waals surface area contributed by atoms with Gasteiger partial charge >= 0.3 is 0 Å². The number of anilines is 2. The average molecular weight is 306 g/mol. The van der Waals surface area contributed by atoms with Crippen LogP contribution in [0.3, 0.4) is 0 Å². The number of nitrogens with one attached hydrogen (secondary N) is 2. The van der Waals surface area contributed by atoms with Crippen molar-refractivity contribution in [3.8, 4) is 5.75 Å². The second kappa shape index (κ2) is 6.05. The number of hydrogen-bond donors (Lipinski definition) is 3. The summed E-state index contributed by atoms with van der Waals surface area (Å²) < 4.78 is 24.9. The van der Waals surface area contributed by atoms with Crippen molar-refractivity contribution in [1.29, 1.82) is 0 Å². The first kappa shape index (κ1) is 15.2. The van der Waals surface area contributed by atoms with Crippen molar-refractivity contribution in [2.24, 2.45) is 0 Å². The average Bonchev–Trinajstić information content (AvgIpc) is 2.37.